The maximum atomic E-state index is 10.3. The number of hydrogen-bond acceptors (Lipinski definition) is 4. The van der Waals surface area contributed by atoms with Crippen molar-refractivity contribution < 1.29 is 20.2 Å². The van der Waals surface area contributed by atoms with E-state index in [0.717, 1.165) is 0 Å². The zero-order chi connectivity index (χ0) is 7.72. The van der Waals surface area contributed by atoms with Crippen LogP contribution in [0.25, 0.3) is 0 Å². The highest BCUT2D eigenvalue weighted by Gasteiger charge is 2.37. The van der Waals surface area contributed by atoms with E-state index < -0.39 is 18.1 Å². The summed E-state index contributed by atoms with van der Waals surface area (Å²) in [5, 5.41) is 26.8. The van der Waals surface area contributed by atoms with Crippen molar-refractivity contribution in [1.82, 2.24) is 5.06 Å². The normalized spacial score (nSPS) is 34.6. The van der Waals surface area contributed by atoms with Crippen molar-refractivity contribution in [2.75, 3.05) is 6.54 Å². The molecule has 3 N–H and O–H groups in total. The maximum Gasteiger partial charge on any atom is 0.326 e. The fourth-order valence-corrected chi connectivity index (χ4v) is 1.05. The number of carboxylic acid groups (broad SMARTS) is 1. The lowest BCUT2D eigenvalue weighted by molar-refractivity contribution is -0.166. The Morgan fingerprint density at radius 1 is 1.60 bits per heavy atom. The third kappa shape index (κ3) is 1.11. The molecule has 0 aromatic carbocycles. The van der Waals surface area contributed by atoms with Crippen LogP contribution in [0.4, 0.5) is 0 Å². The summed E-state index contributed by atoms with van der Waals surface area (Å²) < 4.78 is 0. The number of nitrogens with zero attached hydrogens (tertiary/aromatic N) is 1. The molecule has 0 spiro atoms. The quantitative estimate of drug-likeness (QED) is 0.438. The number of aliphatic hydroxyl groups excluding tert-OH is 1. The third-order valence-electron chi connectivity index (χ3n) is 1.59. The van der Waals surface area contributed by atoms with E-state index in [2.05, 4.69) is 0 Å². The van der Waals surface area contributed by atoms with Gasteiger partial charge in [0, 0.05) is 6.54 Å². The molecule has 0 radical (unpaired) electrons. The molecule has 2 unspecified atom stereocenters. The number of carbonyl (C=O) groups is 1. The summed E-state index contributed by atoms with van der Waals surface area (Å²) in [5.41, 5.74) is 0. The van der Waals surface area contributed by atoms with Gasteiger partial charge in [0.15, 0.2) is 6.04 Å². The average Bonchev–Trinajstić information content (AvgIpc) is 2.11. The second kappa shape index (κ2) is 2.53. The molecule has 10 heavy (non-hydrogen) atoms. The molecule has 1 heterocycles. The Kier molecular flexibility index (Phi) is 1.89. The van der Waals surface area contributed by atoms with Crippen LogP contribution in [-0.2, 0) is 4.79 Å². The molecule has 1 saturated heterocycles. The van der Waals surface area contributed by atoms with Crippen molar-refractivity contribution in [3.8, 4) is 0 Å². The summed E-state index contributed by atoms with van der Waals surface area (Å²) in [6.07, 6.45) is -0.629. The van der Waals surface area contributed by atoms with Crippen LogP contribution in [-0.4, -0.2) is 45.1 Å². The van der Waals surface area contributed by atoms with Crippen LogP contribution in [0.5, 0.6) is 0 Å². The Labute approximate surface area is 57.5 Å². The molecule has 1 rings (SSSR count). The zero-order valence-corrected chi connectivity index (χ0v) is 5.27. The van der Waals surface area contributed by atoms with Crippen molar-refractivity contribution >= 4 is 5.97 Å². The molecule has 0 aliphatic carbocycles. The van der Waals surface area contributed by atoms with Crippen LogP contribution in [0.3, 0.4) is 0 Å². The van der Waals surface area contributed by atoms with Crippen molar-refractivity contribution in [3.63, 3.8) is 0 Å². The van der Waals surface area contributed by atoms with Crippen LogP contribution >= 0.6 is 0 Å². The van der Waals surface area contributed by atoms with Crippen LogP contribution in [0.15, 0.2) is 0 Å². The summed E-state index contributed by atoms with van der Waals surface area (Å²) in [6.45, 7) is 0.220. The highest BCUT2D eigenvalue weighted by atomic mass is 16.5. The van der Waals surface area contributed by atoms with E-state index in [1.165, 1.54) is 0 Å². The van der Waals surface area contributed by atoms with Gasteiger partial charge in [-0.2, -0.15) is 5.06 Å². The predicted octanol–water partition coefficient (Wildman–Crippen LogP) is -1.10. The third-order valence-corrected chi connectivity index (χ3v) is 1.59. The summed E-state index contributed by atoms with van der Waals surface area (Å²) in [7, 11) is 0. The Bertz CT molecular complexity index is 139. The van der Waals surface area contributed by atoms with Gasteiger partial charge in [0.05, 0.1) is 6.10 Å². The van der Waals surface area contributed by atoms with Gasteiger partial charge >= 0.3 is 5.97 Å². The molecule has 0 saturated carbocycles. The highest BCUT2D eigenvalue weighted by Crippen LogP contribution is 2.14. The van der Waals surface area contributed by atoms with E-state index in [-0.39, 0.29) is 6.54 Å². The van der Waals surface area contributed by atoms with E-state index in [1.54, 1.807) is 0 Å². The van der Waals surface area contributed by atoms with Crippen molar-refractivity contribution in [2.45, 2.75) is 18.6 Å². The van der Waals surface area contributed by atoms with Gasteiger partial charge in [0.25, 0.3) is 0 Å². The summed E-state index contributed by atoms with van der Waals surface area (Å²) >= 11 is 0. The topological polar surface area (TPSA) is 81.0 Å². The molecule has 1 aliphatic heterocycles. The molecule has 0 aromatic heterocycles. The van der Waals surface area contributed by atoms with E-state index in [4.69, 9.17) is 15.4 Å². The van der Waals surface area contributed by atoms with Crippen LogP contribution in [0, 0.1) is 0 Å². The molecule has 5 heteroatoms. The van der Waals surface area contributed by atoms with Gasteiger partial charge in [0.2, 0.25) is 0 Å². The number of rotatable bonds is 1. The van der Waals surface area contributed by atoms with Gasteiger partial charge in [-0.25, -0.2) is 0 Å². The first-order valence-corrected chi connectivity index (χ1v) is 2.99. The Balaban J connectivity index is 2.63. The van der Waals surface area contributed by atoms with Gasteiger partial charge in [-0.3, -0.25) is 4.79 Å². The number of carboxylic acids is 1. The molecule has 0 amide bonds. The lowest BCUT2D eigenvalue weighted by Crippen LogP contribution is -2.39. The Hall–Kier alpha value is -0.650. The number of hydroxylamine groups is 2. The fraction of sp³-hybridized carbons (Fsp3) is 0.800. The molecular weight excluding hydrogens is 138 g/mol. The minimum atomic E-state index is -1.19. The van der Waals surface area contributed by atoms with Gasteiger partial charge in [-0.15, -0.1) is 0 Å². The second-order valence-corrected chi connectivity index (χ2v) is 2.30. The van der Waals surface area contributed by atoms with E-state index in [9.17, 15) is 4.79 Å². The van der Waals surface area contributed by atoms with Gasteiger partial charge in [-0.05, 0) is 6.42 Å². The Morgan fingerprint density at radius 2 is 2.20 bits per heavy atom. The minimum absolute atomic E-state index is 0.220. The summed E-state index contributed by atoms with van der Waals surface area (Å²) in [5.74, 6) is -1.19. The summed E-state index contributed by atoms with van der Waals surface area (Å²) in [6, 6.07) is -1.14. The predicted molar refractivity (Wildman–Crippen MR) is 30.5 cm³/mol. The molecule has 1 fully saturated rings. The maximum absolute atomic E-state index is 10.3. The van der Waals surface area contributed by atoms with Crippen LogP contribution in [0.1, 0.15) is 6.42 Å². The minimum Gasteiger partial charge on any atom is -0.480 e. The largest absolute Gasteiger partial charge is 0.480 e. The molecule has 5 nitrogen and oxygen atoms in total. The number of aliphatic carboxylic acids is 1. The van der Waals surface area contributed by atoms with E-state index >= 15 is 0 Å². The number of hydrogen-bond donors (Lipinski definition) is 3. The molecule has 1 aliphatic rings. The van der Waals surface area contributed by atoms with Gasteiger partial charge < -0.3 is 15.4 Å². The lowest BCUT2D eigenvalue weighted by Gasteiger charge is -2.14. The van der Waals surface area contributed by atoms with E-state index in [0.29, 0.717) is 11.5 Å². The summed E-state index contributed by atoms with van der Waals surface area (Å²) in [4.78, 5) is 10.3. The first kappa shape index (κ1) is 7.46. The SMILES string of the molecule is O=C(O)C1C(O)CCN1O. The van der Waals surface area contributed by atoms with Crippen LogP contribution in [0.2, 0.25) is 0 Å². The molecule has 2 atom stereocenters. The molecule has 0 aromatic rings. The van der Waals surface area contributed by atoms with Crippen LogP contribution < -0.4 is 0 Å². The van der Waals surface area contributed by atoms with Gasteiger partial charge in [0.1, 0.15) is 0 Å². The first-order chi connectivity index (χ1) is 4.63. The zero-order valence-electron chi connectivity index (χ0n) is 5.27. The van der Waals surface area contributed by atoms with Gasteiger partial charge in [-0.1, -0.05) is 0 Å². The highest BCUT2D eigenvalue weighted by molar-refractivity contribution is 5.74. The first-order valence-electron chi connectivity index (χ1n) is 2.99. The smallest absolute Gasteiger partial charge is 0.326 e. The average molecular weight is 147 g/mol. The van der Waals surface area contributed by atoms with Crippen molar-refractivity contribution in [1.29, 1.82) is 0 Å². The standard InChI is InChI=1S/C5H9NO4/c7-3-1-2-6(10)4(3)5(8)9/h3-4,7,10H,1-2H2,(H,8,9). The Morgan fingerprint density at radius 3 is 2.40 bits per heavy atom. The fourth-order valence-electron chi connectivity index (χ4n) is 1.05. The monoisotopic (exact) mass is 147 g/mol. The molecule has 58 valence electrons. The molecule has 0 bridgehead atoms. The molecular formula is C5H9NO4. The van der Waals surface area contributed by atoms with Crippen molar-refractivity contribution in [3.05, 3.63) is 0 Å². The number of aliphatic hydroxyl groups is 1. The lowest BCUT2D eigenvalue weighted by atomic mass is 10.2. The second-order valence-electron chi connectivity index (χ2n) is 2.30. The van der Waals surface area contributed by atoms with Crippen molar-refractivity contribution in [2.24, 2.45) is 0 Å². The van der Waals surface area contributed by atoms with E-state index in [1.807, 2.05) is 0 Å².